The van der Waals surface area contributed by atoms with Crippen LogP contribution in [0.3, 0.4) is 0 Å². The maximum atomic E-state index is 13.2. The van der Waals surface area contributed by atoms with Gasteiger partial charge in [0.25, 0.3) is 0 Å². The third kappa shape index (κ3) is 3.55. The van der Waals surface area contributed by atoms with E-state index >= 15 is 0 Å². The summed E-state index contributed by atoms with van der Waals surface area (Å²) >= 11 is 5.89. The molecule has 0 aromatic heterocycles. The van der Waals surface area contributed by atoms with Crippen molar-refractivity contribution in [2.24, 2.45) is 5.92 Å². The van der Waals surface area contributed by atoms with Gasteiger partial charge in [-0.25, -0.2) is 4.39 Å². The summed E-state index contributed by atoms with van der Waals surface area (Å²) in [5.41, 5.74) is 0.831. The molecule has 1 aliphatic rings. The number of hydrogen-bond donors (Lipinski definition) is 1. The van der Waals surface area contributed by atoms with Gasteiger partial charge in [-0.1, -0.05) is 35.9 Å². The number of rotatable bonds is 4. The van der Waals surface area contributed by atoms with Gasteiger partial charge in [0.1, 0.15) is 5.82 Å². The first-order valence-corrected chi connectivity index (χ1v) is 6.44. The van der Waals surface area contributed by atoms with Crippen LogP contribution in [0.5, 0.6) is 0 Å². The lowest BCUT2D eigenvalue weighted by Gasteiger charge is -2.18. The smallest absolute Gasteiger partial charge is 0.142 e. The Morgan fingerprint density at radius 3 is 3.00 bits per heavy atom. The van der Waals surface area contributed by atoms with Gasteiger partial charge in [0.15, 0.2) is 0 Å². The van der Waals surface area contributed by atoms with Crippen molar-refractivity contribution in [3.63, 3.8) is 0 Å². The van der Waals surface area contributed by atoms with Gasteiger partial charge in [0.05, 0.1) is 5.02 Å². The maximum absolute atomic E-state index is 13.2. The molecule has 0 saturated carbocycles. The Labute approximate surface area is 107 Å². The predicted octanol–water partition coefficient (Wildman–Crippen LogP) is 3.93. The summed E-state index contributed by atoms with van der Waals surface area (Å²) in [6.07, 6.45) is 8.03. The van der Waals surface area contributed by atoms with Gasteiger partial charge in [0.2, 0.25) is 0 Å². The van der Waals surface area contributed by atoms with E-state index < -0.39 is 0 Å². The monoisotopic (exact) mass is 253 g/mol. The lowest BCUT2D eigenvalue weighted by Crippen LogP contribution is -2.23. The van der Waals surface area contributed by atoms with Gasteiger partial charge in [-0.2, -0.15) is 0 Å². The maximum Gasteiger partial charge on any atom is 0.142 e. The highest BCUT2D eigenvalue weighted by Crippen LogP contribution is 2.20. The van der Waals surface area contributed by atoms with Gasteiger partial charge < -0.3 is 5.32 Å². The first-order valence-electron chi connectivity index (χ1n) is 6.06. The summed E-state index contributed by atoms with van der Waals surface area (Å²) in [7, 11) is 0. The van der Waals surface area contributed by atoms with Crippen molar-refractivity contribution in [1.82, 2.24) is 5.32 Å². The fourth-order valence-corrected chi connectivity index (χ4v) is 2.33. The molecule has 1 N–H and O–H groups in total. The highest BCUT2D eigenvalue weighted by molar-refractivity contribution is 6.31. The van der Waals surface area contributed by atoms with E-state index in [-0.39, 0.29) is 10.8 Å². The van der Waals surface area contributed by atoms with E-state index in [2.05, 4.69) is 17.5 Å². The molecule has 3 heteroatoms. The third-order valence-electron chi connectivity index (χ3n) is 3.16. The molecule has 1 unspecified atom stereocenters. The van der Waals surface area contributed by atoms with Crippen molar-refractivity contribution in [2.75, 3.05) is 6.54 Å². The lowest BCUT2D eigenvalue weighted by atomic mass is 9.94. The van der Waals surface area contributed by atoms with Crippen LogP contribution in [0.15, 0.2) is 30.4 Å². The van der Waals surface area contributed by atoms with Crippen molar-refractivity contribution in [3.8, 4) is 0 Å². The second-order valence-electron chi connectivity index (χ2n) is 4.49. The molecule has 0 radical (unpaired) electrons. The second kappa shape index (κ2) is 6.18. The average Bonchev–Trinajstić information content (AvgIpc) is 2.36. The SMILES string of the molecule is Fc1cccc(CNCC2CC=CCC2)c1Cl. The fraction of sp³-hybridized carbons (Fsp3) is 0.429. The van der Waals surface area contributed by atoms with E-state index in [1.807, 2.05) is 6.07 Å². The van der Waals surface area contributed by atoms with Crippen molar-refractivity contribution in [2.45, 2.75) is 25.8 Å². The minimum atomic E-state index is -0.341. The Morgan fingerprint density at radius 1 is 1.35 bits per heavy atom. The molecule has 0 heterocycles. The highest BCUT2D eigenvalue weighted by atomic mass is 35.5. The molecule has 17 heavy (non-hydrogen) atoms. The van der Waals surface area contributed by atoms with Crippen molar-refractivity contribution < 1.29 is 4.39 Å². The molecule has 0 bridgehead atoms. The van der Waals surface area contributed by atoms with E-state index in [1.165, 1.54) is 18.9 Å². The van der Waals surface area contributed by atoms with Crippen LogP contribution >= 0.6 is 11.6 Å². The van der Waals surface area contributed by atoms with Gasteiger partial charge in [0, 0.05) is 6.54 Å². The zero-order valence-electron chi connectivity index (χ0n) is 9.76. The molecule has 0 fully saturated rings. The summed E-state index contributed by atoms with van der Waals surface area (Å²) in [5, 5.41) is 3.59. The van der Waals surface area contributed by atoms with Crippen molar-refractivity contribution in [3.05, 3.63) is 46.8 Å². The van der Waals surface area contributed by atoms with E-state index in [0.717, 1.165) is 18.5 Å². The predicted molar refractivity (Wildman–Crippen MR) is 69.6 cm³/mol. The number of nitrogens with one attached hydrogen (secondary N) is 1. The van der Waals surface area contributed by atoms with Crippen LogP contribution < -0.4 is 5.32 Å². The zero-order chi connectivity index (χ0) is 12.1. The molecular weight excluding hydrogens is 237 g/mol. The Hall–Kier alpha value is -0.860. The lowest BCUT2D eigenvalue weighted by molar-refractivity contribution is 0.440. The minimum absolute atomic E-state index is 0.239. The summed E-state index contributed by atoms with van der Waals surface area (Å²) in [5.74, 6) is 0.360. The summed E-state index contributed by atoms with van der Waals surface area (Å²) in [4.78, 5) is 0. The Bertz CT molecular complexity index is 403. The normalized spacial score (nSPS) is 19.5. The number of hydrogen-bond acceptors (Lipinski definition) is 1. The van der Waals surface area contributed by atoms with E-state index in [9.17, 15) is 4.39 Å². The summed E-state index contributed by atoms with van der Waals surface area (Å²) < 4.78 is 13.2. The summed E-state index contributed by atoms with van der Waals surface area (Å²) in [6.45, 7) is 1.61. The van der Waals surface area contributed by atoms with Gasteiger partial charge >= 0.3 is 0 Å². The Balaban J connectivity index is 1.81. The first kappa shape index (κ1) is 12.6. The van der Waals surface area contributed by atoms with Crippen LogP contribution in [-0.4, -0.2) is 6.54 Å². The van der Waals surface area contributed by atoms with Gasteiger partial charge in [-0.05, 0) is 43.4 Å². The third-order valence-corrected chi connectivity index (χ3v) is 3.58. The molecule has 1 nitrogen and oxygen atoms in total. The molecule has 0 saturated heterocycles. The molecular formula is C14H17ClFN. The van der Waals surface area contributed by atoms with E-state index in [1.54, 1.807) is 6.07 Å². The number of benzene rings is 1. The number of halogens is 2. The molecule has 1 aromatic rings. The standard InChI is InChI=1S/C14H17ClFN/c15-14-12(7-4-8-13(14)16)10-17-9-11-5-2-1-3-6-11/h1-2,4,7-8,11,17H,3,5-6,9-10H2. The van der Waals surface area contributed by atoms with E-state index in [4.69, 9.17) is 11.6 Å². The van der Waals surface area contributed by atoms with E-state index in [0.29, 0.717) is 12.5 Å². The molecule has 1 atom stereocenters. The van der Waals surface area contributed by atoms with Gasteiger partial charge in [-0.15, -0.1) is 0 Å². The van der Waals surface area contributed by atoms with Crippen molar-refractivity contribution in [1.29, 1.82) is 0 Å². The largest absolute Gasteiger partial charge is 0.312 e. The zero-order valence-corrected chi connectivity index (χ0v) is 10.5. The van der Waals surface area contributed by atoms with Crippen LogP contribution in [0.1, 0.15) is 24.8 Å². The molecule has 2 rings (SSSR count). The summed E-state index contributed by atoms with van der Waals surface area (Å²) in [6, 6.07) is 4.94. The minimum Gasteiger partial charge on any atom is -0.312 e. The van der Waals surface area contributed by atoms with Crippen LogP contribution in [-0.2, 0) is 6.54 Å². The Morgan fingerprint density at radius 2 is 2.24 bits per heavy atom. The highest BCUT2D eigenvalue weighted by Gasteiger charge is 2.10. The fourth-order valence-electron chi connectivity index (χ4n) is 2.14. The molecule has 0 aliphatic heterocycles. The van der Waals surface area contributed by atoms with Crippen LogP contribution in [0.4, 0.5) is 4.39 Å². The number of allylic oxidation sites excluding steroid dienone is 2. The Kier molecular flexibility index (Phi) is 4.57. The van der Waals surface area contributed by atoms with Crippen LogP contribution in [0.25, 0.3) is 0 Å². The molecule has 1 aromatic carbocycles. The molecule has 92 valence electrons. The van der Waals surface area contributed by atoms with Crippen LogP contribution in [0, 0.1) is 11.7 Å². The second-order valence-corrected chi connectivity index (χ2v) is 4.87. The quantitative estimate of drug-likeness (QED) is 0.802. The average molecular weight is 254 g/mol. The van der Waals surface area contributed by atoms with Gasteiger partial charge in [-0.3, -0.25) is 0 Å². The van der Waals surface area contributed by atoms with Crippen molar-refractivity contribution >= 4 is 11.6 Å². The molecule has 1 aliphatic carbocycles. The molecule has 0 spiro atoms. The van der Waals surface area contributed by atoms with Crippen LogP contribution in [0.2, 0.25) is 5.02 Å². The first-order chi connectivity index (χ1) is 8.27. The molecule has 0 amide bonds. The topological polar surface area (TPSA) is 12.0 Å².